The lowest BCUT2D eigenvalue weighted by Gasteiger charge is -2.26. The number of benzene rings is 1. The van der Waals surface area contributed by atoms with Crippen LogP contribution in [0.3, 0.4) is 0 Å². The highest BCUT2D eigenvalue weighted by Crippen LogP contribution is 2.12. The summed E-state index contributed by atoms with van der Waals surface area (Å²) in [6.07, 6.45) is 0.210. The molecule has 90 valence electrons. The van der Waals surface area contributed by atoms with Crippen molar-refractivity contribution in [2.45, 2.75) is 6.42 Å². The van der Waals surface area contributed by atoms with Gasteiger partial charge in [0.25, 0.3) is 0 Å². The van der Waals surface area contributed by atoms with E-state index in [4.69, 9.17) is 0 Å². The second kappa shape index (κ2) is 4.86. The molecule has 0 saturated carbocycles. The minimum Gasteiger partial charge on any atom is -0.508 e. The Morgan fingerprint density at radius 2 is 2.29 bits per heavy atom. The van der Waals surface area contributed by atoms with Gasteiger partial charge in [-0.15, -0.1) is 0 Å². The highest BCUT2D eigenvalue weighted by atomic mass is 16.3. The van der Waals surface area contributed by atoms with Crippen LogP contribution in [0.4, 0.5) is 0 Å². The Morgan fingerprint density at radius 1 is 1.47 bits per heavy atom. The molecule has 2 N–H and O–H groups in total. The first-order valence-electron chi connectivity index (χ1n) is 5.47. The van der Waals surface area contributed by atoms with Gasteiger partial charge in [0.05, 0.1) is 13.0 Å². The van der Waals surface area contributed by atoms with Crippen molar-refractivity contribution in [3.8, 4) is 5.75 Å². The van der Waals surface area contributed by atoms with Crippen LogP contribution in [0.25, 0.3) is 0 Å². The van der Waals surface area contributed by atoms with Crippen molar-refractivity contribution in [3.05, 3.63) is 29.8 Å². The molecular formula is C12H14N2O3. The SMILES string of the molecule is O=C1CN(C(=O)Cc2cccc(O)c2)CCN1. The smallest absolute Gasteiger partial charge is 0.239 e. The highest BCUT2D eigenvalue weighted by molar-refractivity contribution is 5.86. The van der Waals surface area contributed by atoms with Gasteiger partial charge in [-0.05, 0) is 17.7 Å². The molecule has 2 amide bonds. The molecule has 5 nitrogen and oxygen atoms in total. The molecule has 1 aliphatic rings. The Hall–Kier alpha value is -2.04. The number of carbonyl (C=O) groups is 2. The van der Waals surface area contributed by atoms with Gasteiger partial charge < -0.3 is 15.3 Å². The van der Waals surface area contributed by atoms with Gasteiger partial charge in [0.2, 0.25) is 11.8 Å². The maximum Gasteiger partial charge on any atom is 0.239 e. The van der Waals surface area contributed by atoms with E-state index in [0.29, 0.717) is 13.1 Å². The maximum atomic E-state index is 11.9. The van der Waals surface area contributed by atoms with E-state index in [-0.39, 0.29) is 30.5 Å². The summed E-state index contributed by atoms with van der Waals surface area (Å²) in [4.78, 5) is 24.6. The van der Waals surface area contributed by atoms with Crippen LogP contribution < -0.4 is 5.32 Å². The largest absolute Gasteiger partial charge is 0.508 e. The maximum absolute atomic E-state index is 11.9. The normalized spacial score (nSPS) is 15.5. The van der Waals surface area contributed by atoms with Crippen LogP contribution in [0.2, 0.25) is 0 Å². The third-order valence-corrected chi connectivity index (χ3v) is 2.66. The Kier molecular flexibility index (Phi) is 3.27. The minimum absolute atomic E-state index is 0.0922. The second-order valence-electron chi connectivity index (χ2n) is 4.01. The van der Waals surface area contributed by atoms with Crippen molar-refractivity contribution in [2.24, 2.45) is 0 Å². The van der Waals surface area contributed by atoms with Crippen molar-refractivity contribution in [3.63, 3.8) is 0 Å². The van der Waals surface area contributed by atoms with E-state index in [0.717, 1.165) is 5.56 Å². The topological polar surface area (TPSA) is 69.6 Å². The van der Waals surface area contributed by atoms with Crippen LogP contribution in [0.5, 0.6) is 5.75 Å². The molecule has 0 aromatic heterocycles. The van der Waals surface area contributed by atoms with E-state index in [9.17, 15) is 14.7 Å². The van der Waals surface area contributed by atoms with Crippen molar-refractivity contribution in [1.29, 1.82) is 0 Å². The number of piperazine rings is 1. The van der Waals surface area contributed by atoms with Gasteiger partial charge in [-0.1, -0.05) is 12.1 Å². The Balaban J connectivity index is 1.99. The summed E-state index contributed by atoms with van der Waals surface area (Å²) in [5, 5.41) is 12.0. The quantitative estimate of drug-likeness (QED) is 0.750. The zero-order chi connectivity index (χ0) is 12.3. The van der Waals surface area contributed by atoms with Gasteiger partial charge in [-0.2, -0.15) is 0 Å². The van der Waals surface area contributed by atoms with E-state index < -0.39 is 0 Å². The Bertz CT molecular complexity index is 445. The molecule has 1 heterocycles. The lowest BCUT2D eigenvalue weighted by Crippen LogP contribution is -2.50. The van der Waals surface area contributed by atoms with Crippen molar-refractivity contribution in [2.75, 3.05) is 19.6 Å². The summed E-state index contributed by atoms with van der Waals surface area (Å²) in [5.41, 5.74) is 0.751. The summed E-state index contributed by atoms with van der Waals surface area (Å²) >= 11 is 0. The average Bonchev–Trinajstić information content (AvgIpc) is 2.29. The molecule has 0 atom stereocenters. The Morgan fingerprint density at radius 3 is 3.00 bits per heavy atom. The molecule has 1 aromatic rings. The molecule has 0 aliphatic carbocycles. The third kappa shape index (κ3) is 2.96. The third-order valence-electron chi connectivity index (χ3n) is 2.66. The molecule has 2 rings (SSSR count). The van der Waals surface area contributed by atoms with Crippen LogP contribution in [0.15, 0.2) is 24.3 Å². The van der Waals surface area contributed by atoms with Gasteiger partial charge in [0, 0.05) is 13.1 Å². The minimum atomic E-state index is -0.125. The molecule has 0 unspecified atom stereocenters. The molecule has 1 saturated heterocycles. The van der Waals surface area contributed by atoms with E-state index >= 15 is 0 Å². The van der Waals surface area contributed by atoms with Crippen molar-refractivity contribution >= 4 is 11.8 Å². The zero-order valence-corrected chi connectivity index (χ0v) is 9.35. The van der Waals surface area contributed by atoms with Gasteiger partial charge in [0.1, 0.15) is 5.75 Å². The fraction of sp³-hybridized carbons (Fsp3) is 0.333. The molecule has 1 fully saturated rings. The predicted molar refractivity (Wildman–Crippen MR) is 61.4 cm³/mol. The fourth-order valence-electron chi connectivity index (χ4n) is 1.80. The van der Waals surface area contributed by atoms with Crippen molar-refractivity contribution in [1.82, 2.24) is 10.2 Å². The molecule has 0 spiro atoms. The summed E-state index contributed by atoms with van der Waals surface area (Å²) < 4.78 is 0. The van der Waals surface area contributed by atoms with Gasteiger partial charge in [0.15, 0.2) is 0 Å². The fourth-order valence-corrected chi connectivity index (χ4v) is 1.80. The molecule has 0 bridgehead atoms. The molecule has 5 heteroatoms. The number of nitrogens with zero attached hydrogens (tertiary/aromatic N) is 1. The lowest BCUT2D eigenvalue weighted by molar-refractivity contribution is -0.137. The second-order valence-corrected chi connectivity index (χ2v) is 4.01. The number of hydrogen-bond acceptors (Lipinski definition) is 3. The van der Waals surface area contributed by atoms with E-state index in [1.54, 1.807) is 24.3 Å². The number of phenols is 1. The Labute approximate surface area is 99.0 Å². The first-order valence-corrected chi connectivity index (χ1v) is 5.47. The summed E-state index contributed by atoms with van der Waals surface area (Å²) in [6, 6.07) is 6.59. The number of carbonyl (C=O) groups excluding carboxylic acids is 2. The molecule has 1 aromatic carbocycles. The van der Waals surface area contributed by atoms with Gasteiger partial charge in [-0.25, -0.2) is 0 Å². The molecular weight excluding hydrogens is 220 g/mol. The van der Waals surface area contributed by atoms with E-state index in [1.807, 2.05) is 0 Å². The monoisotopic (exact) mass is 234 g/mol. The predicted octanol–water partition coefficient (Wildman–Crippen LogP) is -0.107. The van der Waals surface area contributed by atoms with Crippen molar-refractivity contribution < 1.29 is 14.7 Å². The van der Waals surface area contributed by atoms with Crippen LogP contribution in [0.1, 0.15) is 5.56 Å². The molecule has 1 aliphatic heterocycles. The van der Waals surface area contributed by atoms with Crippen LogP contribution in [0, 0.1) is 0 Å². The summed E-state index contributed by atoms with van der Waals surface area (Å²) in [5.74, 6) is -0.0716. The van der Waals surface area contributed by atoms with Gasteiger partial charge in [-0.3, -0.25) is 9.59 Å². The number of rotatable bonds is 2. The standard InChI is InChI=1S/C12H14N2O3/c15-10-3-1-2-9(6-10)7-12(17)14-5-4-13-11(16)8-14/h1-3,6,15H,4-5,7-8H2,(H,13,16). The number of amides is 2. The van der Waals surface area contributed by atoms with Crippen LogP contribution in [-0.2, 0) is 16.0 Å². The highest BCUT2D eigenvalue weighted by Gasteiger charge is 2.20. The number of phenolic OH excluding ortho intramolecular Hbond substituents is 1. The lowest BCUT2D eigenvalue weighted by atomic mass is 10.1. The first kappa shape index (κ1) is 11.4. The van der Waals surface area contributed by atoms with Crippen LogP contribution >= 0.6 is 0 Å². The van der Waals surface area contributed by atoms with E-state index in [1.165, 1.54) is 4.90 Å². The number of hydrogen-bond donors (Lipinski definition) is 2. The molecule has 17 heavy (non-hydrogen) atoms. The van der Waals surface area contributed by atoms with Gasteiger partial charge >= 0.3 is 0 Å². The average molecular weight is 234 g/mol. The summed E-state index contributed by atoms with van der Waals surface area (Å²) in [6.45, 7) is 1.17. The van der Waals surface area contributed by atoms with Crippen LogP contribution in [-0.4, -0.2) is 41.5 Å². The summed E-state index contributed by atoms with van der Waals surface area (Å²) in [7, 11) is 0. The number of aromatic hydroxyl groups is 1. The zero-order valence-electron chi connectivity index (χ0n) is 9.35. The number of nitrogens with one attached hydrogen (secondary N) is 1. The molecule has 0 radical (unpaired) electrons. The van der Waals surface area contributed by atoms with E-state index in [2.05, 4.69) is 5.32 Å². The first-order chi connectivity index (χ1) is 8.15.